The van der Waals surface area contributed by atoms with Crippen LogP contribution in [0.2, 0.25) is 0 Å². The predicted molar refractivity (Wildman–Crippen MR) is 68.8 cm³/mol. The van der Waals surface area contributed by atoms with Crippen molar-refractivity contribution in [3.8, 4) is 0 Å². The summed E-state index contributed by atoms with van der Waals surface area (Å²) in [6, 6.07) is 0.798. The Labute approximate surface area is 100 Å². The summed E-state index contributed by atoms with van der Waals surface area (Å²) in [5.41, 5.74) is 0.342. The fourth-order valence-corrected chi connectivity index (χ4v) is 3.07. The van der Waals surface area contributed by atoms with Crippen LogP contribution in [0.3, 0.4) is 0 Å². The van der Waals surface area contributed by atoms with Gasteiger partial charge in [-0.05, 0) is 39.8 Å². The molecule has 2 heterocycles. The first kappa shape index (κ1) is 12.3. The topological polar surface area (TPSA) is 18.5 Å². The molecule has 94 valence electrons. The number of piperazine rings is 1. The third kappa shape index (κ3) is 2.76. The van der Waals surface area contributed by atoms with E-state index in [9.17, 15) is 0 Å². The molecule has 0 aromatic heterocycles. The van der Waals surface area contributed by atoms with Gasteiger partial charge in [0.25, 0.3) is 0 Å². The molecule has 16 heavy (non-hydrogen) atoms. The van der Waals surface area contributed by atoms with Crippen molar-refractivity contribution in [2.24, 2.45) is 0 Å². The zero-order valence-corrected chi connectivity index (χ0v) is 11.1. The summed E-state index contributed by atoms with van der Waals surface area (Å²) in [5, 5.41) is 3.67. The molecule has 2 rings (SSSR count). The number of hydrogen-bond donors (Lipinski definition) is 1. The Bertz CT molecular complexity index is 231. The normalized spacial score (nSPS) is 38.8. The van der Waals surface area contributed by atoms with E-state index in [1.807, 2.05) is 0 Å². The molecular weight excluding hydrogens is 198 g/mol. The van der Waals surface area contributed by atoms with Gasteiger partial charge in [-0.1, -0.05) is 6.92 Å². The molecule has 2 atom stereocenters. The van der Waals surface area contributed by atoms with Crippen LogP contribution in [0.1, 0.15) is 33.1 Å². The van der Waals surface area contributed by atoms with E-state index in [0.717, 1.165) is 12.6 Å². The van der Waals surface area contributed by atoms with E-state index in [1.54, 1.807) is 0 Å². The van der Waals surface area contributed by atoms with Crippen molar-refractivity contribution in [3.63, 3.8) is 0 Å². The van der Waals surface area contributed by atoms with Gasteiger partial charge in [0.15, 0.2) is 0 Å². The Balaban J connectivity index is 1.93. The fourth-order valence-electron chi connectivity index (χ4n) is 3.07. The third-order valence-electron chi connectivity index (χ3n) is 4.40. The standard InChI is InChI=1S/C13H27N3/c1-4-13(2)11-16(9-7-14-13)12-6-5-8-15(3)10-12/h12,14H,4-11H2,1-3H3. The van der Waals surface area contributed by atoms with Crippen molar-refractivity contribution >= 4 is 0 Å². The lowest BCUT2D eigenvalue weighted by atomic mass is 9.93. The second-order valence-electron chi connectivity index (χ2n) is 5.87. The van der Waals surface area contributed by atoms with Crippen molar-refractivity contribution < 1.29 is 0 Å². The molecule has 0 aliphatic carbocycles. The van der Waals surface area contributed by atoms with Crippen molar-refractivity contribution in [1.29, 1.82) is 0 Å². The summed E-state index contributed by atoms with van der Waals surface area (Å²) in [7, 11) is 2.26. The van der Waals surface area contributed by atoms with Crippen LogP contribution in [-0.4, -0.2) is 61.2 Å². The first-order valence-electron chi connectivity index (χ1n) is 6.80. The number of piperidine rings is 1. The Morgan fingerprint density at radius 3 is 2.88 bits per heavy atom. The lowest BCUT2D eigenvalue weighted by Crippen LogP contribution is -2.62. The average Bonchev–Trinajstić information content (AvgIpc) is 2.29. The SMILES string of the molecule is CCC1(C)CN(C2CCCN(C)C2)CCN1. The van der Waals surface area contributed by atoms with Crippen LogP contribution >= 0.6 is 0 Å². The van der Waals surface area contributed by atoms with E-state index in [0.29, 0.717) is 5.54 Å². The van der Waals surface area contributed by atoms with Crippen LogP contribution in [-0.2, 0) is 0 Å². The highest BCUT2D eigenvalue weighted by molar-refractivity contribution is 4.93. The molecule has 0 aromatic carbocycles. The molecule has 0 saturated carbocycles. The van der Waals surface area contributed by atoms with E-state index in [2.05, 4.69) is 36.0 Å². The van der Waals surface area contributed by atoms with Gasteiger partial charge in [0.2, 0.25) is 0 Å². The van der Waals surface area contributed by atoms with Crippen molar-refractivity contribution in [3.05, 3.63) is 0 Å². The highest BCUT2D eigenvalue weighted by atomic mass is 15.3. The van der Waals surface area contributed by atoms with Gasteiger partial charge in [0.05, 0.1) is 0 Å². The monoisotopic (exact) mass is 225 g/mol. The van der Waals surface area contributed by atoms with E-state index in [-0.39, 0.29) is 0 Å². The number of nitrogens with zero attached hydrogens (tertiary/aromatic N) is 2. The van der Waals surface area contributed by atoms with Gasteiger partial charge < -0.3 is 10.2 Å². The zero-order valence-electron chi connectivity index (χ0n) is 11.1. The summed E-state index contributed by atoms with van der Waals surface area (Å²) >= 11 is 0. The van der Waals surface area contributed by atoms with Crippen molar-refractivity contribution in [2.45, 2.75) is 44.7 Å². The van der Waals surface area contributed by atoms with Gasteiger partial charge in [-0.25, -0.2) is 0 Å². The van der Waals surface area contributed by atoms with Crippen LogP contribution in [0.25, 0.3) is 0 Å². The maximum Gasteiger partial charge on any atom is 0.0278 e. The fraction of sp³-hybridized carbons (Fsp3) is 1.00. The number of likely N-dealkylation sites (N-methyl/N-ethyl adjacent to an activating group) is 1. The van der Waals surface area contributed by atoms with Gasteiger partial charge in [0.1, 0.15) is 0 Å². The lowest BCUT2D eigenvalue weighted by molar-refractivity contribution is 0.0581. The summed E-state index contributed by atoms with van der Waals surface area (Å²) in [6.07, 6.45) is 3.99. The van der Waals surface area contributed by atoms with E-state index in [4.69, 9.17) is 0 Å². The molecule has 1 N–H and O–H groups in total. The molecule has 2 saturated heterocycles. The molecular formula is C13H27N3. The van der Waals surface area contributed by atoms with E-state index >= 15 is 0 Å². The molecule has 2 aliphatic heterocycles. The van der Waals surface area contributed by atoms with Gasteiger partial charge in [-0.3, -0.25) is 4.90 Å². The number of hydrogen-bond acceptors (Lipinski definition) is 3. The molecule has 0 bridgehead atoms. The molecule has 3 nitrogen and oxygen atoms in total. The van der Waals surface area contributed by atoms with Crippen LogP contribution in [0.4, 0.5) is 0 Å². The minimum Gasteiger partial charge on any atom is -0.309 e. The molecule has 2 aliphatic rings. The second kappa shape index (κ2) is 5.03. The zero-order chi connectivity index (χ0) is 11.6. The molecule has 0 spiro atoms. The number of likely N-dealkylation sites (tertiary alicyclic amines) is 1. The Morgan fingerprint density at radius 1 is 1.38 bits per heavy atom. The molecule has 0 amide bonds. The maximum atomic E-state index is 3.67. The quantitative estimate of drug-likeness (QED) is 0.761. The second-order valence-corrected chi connectivity index (χ2v) is 5.87. The molecule has 0 radical (unpaired) electrons. The minimum atomic E-state index is 0.342. The predicted octanol–water partition coefficient (Wildman–Crippen LogP) is 1.15. The van der Waals surface area contributed by atoms with Gasteiger partial charge in [0, 0.05) is 37.8 Å². The average molecular weight is 225 g/mol. The first-order chi connectivity index (χ1) is 7.63. The van der Waals surface area contributed by atoms with E-state index < -0.39 is 0 Å². The third-order valence-corrected chi connectivity index (χ3v) is 4.40. The lowest BCUT2D eigenvalue weighted by Gasteiger charge is -2.46. The van der Waals surface area contributed by atoms with Crippen LogP contribution < -0.4 is 5.32 Å². The first-order valence-corrected chi connectivity index (χ1v) is 6.80. The van der Waals surface area contributed by atoms with Crippen molar-refractivity contribution in [1.82, 2.24) is 15.1 Å². The van der Waals surface area contributed by atoms with Crippen molar-refractivity contribution in [2.75, 3.05) is 39.8 Å². The molecule has 2 unspecified atom stereocenters. The highest BCUT2D eigenvalue weighted by Gasteiger charge is 2.33. The van der Waals surface area contributed by atoms with Gasteiger partial charge in [-0.2, -0.15) is 0 Å². The van der Waals surface area contributed by atoms with Gasteiger partial charge >= 0.3 is 0 Å². The van der Waals surface area contributed by atoms with Crippen LogP contribution in [0.15, 0.2) is 0 Å². The Kier molecular flexibility index (Phi) is 3.88. The summed E-state index contributed by atoms with van der Waals surface area (Å²) < 4.78 is 0. The number of nitrogens with one attached hydrogen (secondary N) is 1. The molecule has 2 fully saturated rings. The Morgan fingerprint density at radius 2 is 2.19 bits per heavy atom. The Hall–Kier alpha value is -0.120. The molecule has 3 heteroatoms. The maximum absolute atomic E-state index is 3.67. The smallest absolute Gasteiger partial charge is 0.0278 e. The number of rotatable bonds is 2. The highest BCUT2D eigenvalue weighted by Crippen LogP contribution is 2.21. The summed E-state index contributed by atoms with van der Waals surface area (Å²) in [5.74, 6) is 0. The summed E-state index contributed by atoms with van der Waals surface area (Å²) in [6.45, 7) is 10.8. The minimum absolute atomic E-state index is 0.342. The van der Waals surface area contributed by atoms with Gasteiger partial charge in [-0.15, -0.1) is 0 Å². The summed E-state index contributed by atoms with van der Waals surface area (Å²) in [4.78, 5) is 5.20. The van der Waals surface area contributed by atoms with E-state index in [1.165, 1.54) is 45.4 Å². The van der Waals surface area contributed by atoms with Crippen LogP contribution in [0.5, 0.6) is 0 Å². The van der Waals surface area contributed by atoms with Crippen LogP contribution in [0, 0.1) is 0 Å². The molecule has 0 aromatic rings. The largest absolute Gasteiger partial charge is 0.309 e.